The summed E-state index contributed by atoms with van der Waals surface area (Å²) in [6.07, 6.45) is 0.871. The Kier molecular flexibility index (Phi) is 9.07. The Labute approximate surface area is 189 Å². The molecule has 0 aliphatic rings. The molecule has 1 aromatic carbocycles. The molecule has 1 aromatic heterocycles. The molecule has 8 heteroatoms. The van der Waals surface area contributed by atoms with Crippen molar-refractivity contribution < 1.29 is 14.3 Å². The Bertz CT molecular complexity index is 889. The van der Waals surface area contributed by atoms with Crippen LogP contribution in [0.2, 0.25) is 0 Å². The molecule has 0 saturated carbocycles. The Balaban J connectivity index is 2.25. The van der Waals surface area contributed by atoms with Crippen LogP contribution >= 0.6 is 11.6 Å². The third kappa shape index (κ3) is 7.36. The van der Waals surface area contributed by atoms with E-state index in [0.29, 0.717) is 37.7 Å². The second-order valence-corrected chi connectivity index (χ2v) is 8.94. The Morgan fingerprint density at radius 2 is 2.00 bits per heavy atom. The number of alkyl halides is 1. The maximum atomic E-state index is 12.9. The number of hydrogen-bond donors (Lipinski definition) is 1. The molecule has 0 bridgehead atoms. The van der Waals surface area contributed by atoms with Gasteiger partial charge >= 0.3 is 0 Å². The molecule has 31 heavy (non-hydrogen) atoms. The van der Waals surface area contributed by atoms with E-state index < -0.39 is 0 Å². The zero-order valence-corrected chi connectivity index (χ0v) is 19.8. The Morgan fingerprint density at radius 3 is 2.61 bits per heavy atom. The molecule has 0 aliphatic heterocycles. The zero-order chi connectivity index (χ0) is 23.0. The van der Waals surface area contributed by atoms with Gasteiger partial charge in [0.1, 0.15) is 5.82 Å². The van der Waals surface area contributed by atoms with Crippen LogP contribution in [-0.4, -0.2) is 59.2 Å². The monoisotopic (exact) mass is 448 g/mol. The van der Waals surface area contributed by atoms with Crippen LogP contribution < -0.4 is 5.32 Å². The number of amides is 2. The van der Waals surface area contributed by atoms with Crippen molar-refractivity contribution in [2.75, 3.05) is 38.0 Å². The fourth-order valence-corrected chi connectivity index (χ4v) is 3.15. The number of halogens is 1. The Hall–Kier alpha value is -2.38. The van der Waals surface area contributed by atoms with E-state index in [2.05, 4.69) is 26.1 Å². The van der Waals surface area contributed by atoms with E-state index in [-0.39, 0.29) is 23.8 Å². The molecule has 0 spiro atoms. The molecule has 0 unspecified atom stereocenters. The van der Waals surface area contributed by atoms with Crippen molar-refractivity contribution >= 4 is 29.2 Å². The summed E-state index contributed by atoms with van der Waals surface area (Å²) < 4.78 is 6.83. The number of carbonyl (C=O) groups excluding carboxylic acids is 2. The Morgan fingerprint density at radius 1 is 1.26 bits per heavy atom. The summed E-state index contributed by atoms with van der Waals surface area (Å²) in [6, 6.07) is 9.81. The van der Waals surface area contributed by atoms with Crippen LogP contribution in [0, 0.1) is 6.92 Å². The largest absolute Gasteiger partial charge is 0.383 e. The minimum absolute atomic E-state index is 0.0612. The molecule has 2 amide bonds. The summed E-state index contributed by atoms with van der Waals surface area (Å²) in [7, 11) is 1.57. The summed E-state index contributed by atoms with van der Waals surface area (Å²) in [5, 5.41) is 7.68. The van der Waals surface area contributed by atoms with Gasteiger partial charge in [0, 0.05) is 37.4 Å². The van der Waals surface area contributed by atoms with Crippen molar-refractivity contribution in [1.82, 2.24) is 14.7 Å². The fraction of sp³-hybridized carbons (Fsp3) is 0.522. The molecule has 170 valence electrons. The van der Waals surface area contributed by atoms with Gasteiger partial charge in [-0.2, -0.15) is 5.10 Å². The fourth-order valence-electron chi connectivity index (χ4n) is 3.02. The van der Waals surface area contributed by atoms with Crippen molar-refractivity contribution in [2.45, 2.75) is 46.0 Å². The van der Waals surface area contributed by atoms with Gasteiger partial charge in [0.05, 0.1) is 24.5 Å². The van der Waals surface area contributed by atoms with Crippen LogP contribution in [0.25, 0.3) is 5.69 Å². The summed E-state index contributed by atoms with van der Waals surface area (Å²) in [5.74, 6) is 0.571. The molecular formula is C23H33ClN4O3. The molecule has 0 aliphatic carbocycles. The van der Waals surface area contributed by atoms with Crippen molar-refractivity contribution in [3.05, 3.63) is 41.6 Å². The number of ether oxygens (including phenoxy) is 1. The molecule has 1 N–H and O–H groups in total. The highest BCUT2D eigenvalue weighted by molar-refractivity contribution is 6.17. The van der Waals surface area contributed by atoms with Gasteiger partial charge in [0.15, 0.2) is 0 Å². The smallest absolute Gasteiger partial charge is 0.245 e. The van der Waals surface area contributed by atoms with Crippen LogP contribution in [0.3, 0.4) is 0 Å². The van der Waals surface area contributed by atoms with Gasteiger partial charge in [-0.05, 0) is 31.0 Å². The van der Waals surface area contributed by atoms with Gasteiger partial charge in [-0.3, -0.25) is 9.59 Å². The van der Waals surface area contributed by atoms with E-state index in [1.54, 1.807) is 11.8 Å². The predicted octanol–water partition coefficient (Wildman–Crippen LogP) is 3.91. The second-order valence-electron chi connectivity index (χ2n) is 8.56. The quantitative estimate of drug-likeness (QED) is 0.559. The SMILES string of the molecule is COCCN(CC(=O)Nc1cc(C(C)(C)C)nn1-c1cccc(C)c1)C(=O)CCCCl. The standard InChI is InChI=1S/C23H33ClN4O3/c1-17-8-6-9-18(14-17)28-20(15-19(26-28)23(2,3)4)25-21(29)16-27(12-13-31-5)22(30)10-7-11-24/h6,8-9,14-15H,7,10-13,16H2,1-5H3,(H,25,29). The van der Waals surface area contributed by atoms with Crippen molar-refractivity contribution in [1.29, 1.82) is 0 Å². The van der Waals surface area contributed by atoms with Crippen molar-refractivity contribution in [3.63, 3.8) is 0 Å². The molecule has 2 aromatic rings. The van der Waals surface area contributed by atoms with Crippen LogP contribution in [0.1, 0.15) is 44.9 Å². The van der Waals surface area contributed by atoms with E-state index >= 15 is 0 Å². The first-order chi connectivity index (χ1) is 14.7. The maximum absolute atomic E-state index is 12.9. The lowest BCUT2D eigenvalue weighted by molar-refractivity contribution is -0.135. The van der Waals surface area contributed by atoms with Crippen LogP contribution in [0.4, 0.5) is 5.82 Å². The second kappa shape index (κ2) is 11.3. The average Bonchev–Trinajstić information content (AvgIpc) is 3.13. The molecule has 7 nitrogen and oxygen atoms in total. The topological polar surface area (TPSA) is 76.5 Å². The third-order valence-corrected chi connectivity index (χ3v) is 5.04. The van der Waals surface area contributed by atoms with Gasteiger partial charge in [-0.1, -0.05) is 32.9 Å². The highest BCUT2D eigenvalue weighted by atomic mass is 35.5. The lowest BCUT2D eigenvalue weighted by Crippen LogP contribution is -2.40. The number of carbonyl (C=O) groups is 2. The molecule has 0 fully saturated rings. The molecule has 1 heterocycles. The highest BCUT2D eigenvalue weighted by Crippen LogP contribution is 2.26. The summed E-state index contributed by atoms with van der Waals surface area (Å²) in [4.78, 5) is 26.8. The van der Waals surface area contributed by atoms with Gasteiger partial charge < -0.3 is 15.0 Å². The van der Waals surface area contributed by atoms with Gasteiger partial charge in [-0.25, -0.2) is 4.68 Å². The first-order valence-corrected chi connectivity index (χ1v) is 11.0. The van der Waals surface area contributed by atoms with E-state index in [4.69, 9.17) is 21.4 Å². The number of anilines is 1. The number of methoxy groups -OCH3 is 1. The number of rotatable bonds is 10. The van der Waals surface area contributed by atoms with Crippen LogP contribution in [-0.2, 0) is 19.7 Å². The number of aromatic nitrogens is 2. The van der Waals surface area contributed by atoms with Gasteiger partial charge in [0.2, 0.25) is 11.8 Å². The number of nitrogens with zero attached hydrogens (tertiary/aromatic N) is 3. The first-order valence-electron chi connectivity index (χ1n) is 10.5. The lowest BCUT2D eigenvalue weighted by atomic mass is 9.92. The van der Waals surface area contributed by atoms with Gasteiger partial charge in [-0.15, -0.1) is 11.6 Å². The number of aryl methyl sites for hydroxylation is 1. The first kappa shape index (κ1) is 24.9. The van der Waals surface area contributed by atoms with Crippen LogP contribution in [0.15, 0.2) is 30.3 Å². The highest BCUT2D eigenvalue weighted by Gasteiger charge is 2.23. The normalized spacial score (nSPS) is 11.4. The molecule has 0 atom stereocenters. The summed E-state index contributed by atoms with van der Waals surface area (Å²) in [6.45, 7) is 8.87. The van der Waals surface area contributed by atoms with E-state index in [1.165, 1.54) is 4.90 Å². The van der Waals surface area contributed by atoms with Crippen molar-refractivity contribution in [3.8, 4) is 5.69 Å². The van der Waals surface area contributed by atoms with E-state index in [1.807, 2.05) is 37.3 Å². The molecule has 2 rings (SSSR count). The summed E-state index contributed by atoms with van der Waals surface area (Å²) >= 11 is 5.71. The third-order valence-electron chi connectivity index (χ3n) is 4.77. The molecule has 0 radical (unpaired) electrons. The van der Waals surface area contributed by atoms with E-state index in [9.17, 15) is 9.59 Å². The zero-order valence-electron chi connectivity index (χ0n) is 19.1. The maximum Gasteiger partial charge on any atom is 0.245 e. The van der Waals surface area contributed by atoms with Gasteiger partial charge in [0.25, 0.3) is 0 Å². The average molecular weight is 449 g/mol. The van der Waals surface area contributed by atoms with E-state index in [0.717, 1.165) is 16.9 Å². The van der Waals surface area contributed by atoms with Crippen molar-refractivity contribution in [2.24, 2.45) is 0 Å². The minimum Gasteiger partial charge on any atom is -0.383 e. The lowest BCUT2D eigenvalue weighted by Gasteiger charge is -2.22. The number of nitrogens with one attached hydrogen (secondary N) is 1. The predicted molar refractivity (Wildman–Crippen MR) is 124 cm³/mol. The molecular weight excluding hydrogens is 416 g/mol. The summed E-state index contributed by atoms with van der Waals surface area (Å²) in [5.41, 5.74) is 2.63. The minimum atomic E-state index is -0.287. The number of hydrogen-bond acceptors (Lipinski definition) is 4. The van der Waals surface area contributed by atoms with Crippen LogP contribution in [0.5, 0.6) is 0 Å². The number of benzene rings is 1. The molecule has 0 saturated heterocycles.